The fourth-order valence-corrected chi connectivity index (χ4v) is 3.50. The largest absolute Gasteiger partial charge is 0.442 e. The van der Waals surface area contributed by atoms with Crippen molar-refractivity contribution in [3.8, 4) is 0 Å². The molecular weight excluding hydrogens is 332 g/mol. The van der Waals surface area contributed by atoms with Crippen molar-refractivity contribution in [3.05, 3.63) is 35.9 Å². The monoisotopic (exact) mass is 352 g/mol. The highest BCUT2D eigenvalue weighted by molar-refractivity contribution is 6.10. The molecular formula is C18H20N6O2. The van der Waals surface area contributed by atoms with E-state index in [2.05, 4.69) is 31.8 Å². The Morgan fingerprint density at radius 2 is 2.12 bits per heavy atom. The lowest BCUT2D eigenvalue weighted by Gasteiger charge is -2.27. The SMILES string of the molecule is Cc1oc2ncnc(NC3(C)CC3)c2c1C(=O)N1CCn2ccnc2C1. The Labute approximate surface area is 150 Å². The standard InChI is InChI=1S/C18H20N6O2/c1-11-13(17(25)24-8-7-23-6-5-19-12(23)9-24)14-15(22-18(2)3-4-18)20-10-21-16(14)26-11/h5-6,10H,3-4,7-9H2,1-2H3,(H,20,21,22). The second-order valence-corrected chi connectivity index (χ2v) is 7.38. The van der Waals surface area contributed by atoms with Crippen LogP contribution in [0, 0.1) is 6.92 Å². The number of fused-ring (bicyclic) bond motifs is 2. The number of imidazole rings is 1. The summed E-state index contributed by atoms with van der Waals surface area (Å²) < 4.78 is 7.86. The van der Waals surface area contributed by atoms with Gasteiger partial charge in [0.1, 0.15) is 23.7 Å². The summed E-state index contributed by atoms with van der Waals surface area (Å²) in [5.41, 5.74) is 1.04. The minimum atomic E-state index is -0.0608. The molecule has 4 heterocycles. The van der Waals surface area contributed by atoms with Crippen molar-refractivity contribution in [2.24, 2.45) is 0 Å². The number of furan rings is 1. The fraction of sp³-hybridized carbons (Fsp3) is 0.444. The summed E-state index contributed by atoms with van der Waals surface area (Å²) in [6.45, 7) is 5.84. The number of nitrogens with one attached hydrogen (secondary N) is 1. The molecule has 0 bridgehead atoms. The Bertz CT molecular complexity index is 1020. The van der Waals surface area contributed by atoms with Gasteiger partial charge in [0.05, 0.1) is 17.5 Å². The smallest absolute Gasteiger partial charge is 0.258 e. The van der Waals surface area contributed by atoms with Crippen molar-refractivity contribution in [2.75, 3.05) is 11.9 Å². The molecule has 1 N–H and O–H groups in total. The van der Waals surface area contributed by atoms with Crippen LogP contribution >= 0.6 is 0 Å². The van der Waals surface area contributed by atoms with Gasteiger partial charge in [0.25, 0.3) is 5.91 Å². The van der Waals surface area contributed by atoms with Gasteiger partial charge in [-0.1, -0.05) is 0 Å². The summed E-state index contributed by atoms with van der Waals surface area (Å²) in [4.78, 5) is 28.1. The van der Waals surface area contributed by atoms with Gasteiger partial charge in [-0.05, 0) is 26.7 Å². The van der Waals surface area contributed by atoms with Gasteiger partial charge in [0.2, 0.25) is 5.71 Å². The third-order valence-corrected chi connectivity index (χ3v) is 5.33. The molecule has 0 radical (unpaired) electrons. The van der Waals surface area contributed by atoms with Gasteiger partial charge >= 0.3 is 0 Å². The highest BCUT2D eigenvalue weighted by Crippen LogP contribution is 2.40. The van der Waals surface area contributed by atoms with E-state index in [1.54, 1.807) is 6.20 Å². The van der Waals surface area contributed by atoms with Crippen LogP contribution in [0.25, 0.3) is 11.1 Å². The summed E-state index contributed by atoms with van der Waals surface area (Å²) in [7, 11) is 0. The molecule has 8 heteroatoms. The summed E-state index contributed by atoms with van der Waals surface area (Å²) in [6.07, 6.45) is 7.38. The van der Waals surface area contributed by atoms with Crippen LogP contribution in [0.5, 0.6) is 0 Å². The normalized spacial score (nSPS) is 18.0. The molecule has 2 aliphatic rings. The van der Waals surface area contributed by atoms with E-state index in [0.717, 1.165) is 25.2 Å². The molecule has 0 unspecified atom stereocenters. The molecule has 134 valence electrons. The summed E-state index contributed by atoms with van der Waals surface area (Å²) >= 11 is 0. The molecule has 0 saturated heterocycles. The summed E-state index contributed by atoms with van der Waals surface area (Å²) in [5, 5.41) is 4.14. The Balaban J connectivity index is 1.56. The Kier molecular flexibility index (Phi) is 3.13. The van der Waals surface area contributed by atoms with Crippen LogP contribution in [0.4, 0.5) is 5.82 Å². The van der Waals surface area contributed by atoms with E-state index in [4.69, 9.17) is 4.42 Å². The van der Waals surface area contributed by atoms with Crippen molar-refractivity contribution < 1.29 is 9.21 Å². The molecule has 1 amide bonds. The number of nitrogens with zero attached hydrogens (tertiary/aromatic N) is 5. The number of hydrogen-bond acceptors (Lipinski definition) is 6. The number of anilines is 1. The zero-order chi connectivity index (χ0) is 17.9. The highest BCUT2D eigenvalue weighted by Gasteiger charge is 2.39. The van der Waals surface area contributed by atoms with E-state index in [-0.39, 0.29) is 11.4 Å². The zero-order valence-corrected chi connectivity index (χ0v) is 14.8. The molecule has 26 heavy (non-hydrogen) atoms. The van der Waals surface area contributed by atoms with Crippen LogP contribution in [0.3, 0.4) is 0 Å². The van der Waals surface area contributed by atoms with E-state index in [1.807, 2.05) is 18.0 Å². The first-order valence-electron chi connectivity index (χ1n) is 8.86. The number of aryl methyl sites for hydroxylation is 1. The lowest BCUT2D eigenvalue weighted by atomic mass is 10.1. The maximum Gasteiger partial charge on any atom is 0.258 e. The molecule has 0 spiro atoms. The van der Waals surface area contributed by atoms with Crippen molar-refractivity contribution in [1.29, 1.82) is 0 Å². The summed E-state index contributed by atoms with van der Waals surface area (Å²) in [6, 6.07) is 0. The topological polar surface area (TPSA) is 89.1 Å². The Morgan fingerprint density at radius 1 is 1.27 bits per heavy atom. The van der Waals surface area contributed by atoms with Crippen LogP contribution in [0.2, 0.25) is 0 Å². The average molecular weight is 352 g/mol. The number of rotatable bonds is 3. The highest BCUT2D eigenvalue weighted by atomic mass is 16.3. The first-order valence-corrected chi connectivity index (χ1v) is 8.86. The molecule has 3 aromatic heterocycles. The van der Waals surface area contributed by atoms with E-state index >= 15 is 0 Å². The van der Waals surface area contributed by atoms with Gasteiger partial charge in [-0.15, -0.1) is 0 Å². The Hall–Kier alpha value is -2.90. The Morgan fingerprint density at radius 3 is 2.92 bits per heavy atom. The second-order valence-electron chi connectivity index (χ2n) is 7.38. The first kappa shape index (κ1) is 15.4. The summed E-state index contributed by atoms with van der Waals surface area (Å²) in [5.74, 6) is 2.08. The number of amides is 1. The second kappa shape index (κ2) is 5.30. The number of hydrogen-bond donors (Lipinski definition) is 1. The van der Waals surface area contributed by atoms with E-state index in [0.29, 0.717) is 41.3 Å². The predicted molar refractivity (Wildman–Crippen MR) is 94.8 cm³/mol. The van der Waals surface area contributed by atoms with Gasteiger partial charge in [-0.3, -0.25) is 4.79 Å². The maximum atomic E-state index is 13.3. The van der Waals surface area contributed by atoms with Crippen LogP contribution in [0.1, 0.15) is 41.7 Å². The van der Waals surface area contributed by atoms with Crippen LogP contribution < -0.4 is 5.32 Å². The average Bonchev–Trinajstić information content (AvgIpc) is 3.05. The first-order chi connectivity index (χ1) is 12.5. The molecule has 3 aromatic rings. The minimum Gasteiger partial charge on any atom is -0.442 e. The van der Waals surface area contributed by atoms with Crippen molar-refractivity contribution in [2.45, 2.75) is 45.3 Å². The zero-order valence-electron chi connectivity index (χ0n) is 14.8. The van der Waals surface area contributed by atoms with Gasteiger partial charge in [0.15, 0.2) is 0 Å². The van der Waals surface area contributed by atoms with Crippen molar-refractivity contribution >= 4 is 22.8 Å². The molecule has 5 rings (SSSR count). The third kappa shape index (κ3) is 2.36. The third-order valence-electron chi connectivity index (χ3n) is 5.33. The molecule has 1 aliphatic carbocycles. The number of carbonyl (C=O) groups is 1. The quantitative estimate of drug-likeness (QED) is 0.778. The van der Waals surface area contributed by atoms with Gasteiger partial charge < -0.3 is 19.2 Å². The molecule has 1 fully saturated rings. The van der Waals surface area contributed by atoms with Crippen molar-refractivity contribution in [3.63, 3.8) is 0 Å². The molecule has 1 aliphatic heterocycles. The van der Waals surface area contributed by atoms with E-state index < -0.39 is 0 Å². The minimum absolute atomic E-state index is 0.0443. The van der Waals surface area contributed by atoms with Crippen LogP contribution in [-0.4, -0.2) is 42.4 Å². The van der Waals surface area contributed by atoms with Crippen LogP contribution in [-0.2, 0) is 13.1 Å². The van der Waals surface area contributed by atoms with E-state index in [9.17, 15) is 4.79 Å². The maximum absolute atomic E-state index is 13.3. The fourth-order valence-electron chi connectivity index (χ4n) is 3.50. The molecule has 0 aromatic carbocycles. The van der Waals surface area contributed by atoms with Crippen molar-refractivity contribution in [1.82, 2.24) is 24.4 Å². The molecule has 8 nitrogen and oxygen atoms in total. The lowest BCUT2D eigenvalue weighted by Crippen LogP contribution is -2.38. The number of aromatic nitrogens is 4. The van der Waals surface area contributed by atoms with Gasteiger partial charge in [-0.25, -0.2) is 15.0 Å². The van der Waals surface area contributed by atoms with E-state index in [1.165, 1.54) is 6.33 Å². The predicted octanol–water partition coefficient (Wildman–Crippen LogP) is 2.35. The molecule has 0 atom stereocenters. The van der Waals surface area contributed by atoms with Crippen LogP contribution in [0.15, 0.2) is 23.1 Å². The van der Waals surface area contributed by atoms with Gasteiger partial charge in [0, 0.05) is 31.0 Å². The van der Waals surface area contributed by atoms with Gasteiger partial charge in [-0.2, -0.15) is 0 Å². The lowest BCUT2D eigenvalue weighted by molar-refractivity contribution is 0.0707. The number of carbonyl (C=O) groups excluding carboxylic acids is 1. The molecule has 1 saturated carbocycles.